The monoisotopic (exact) mass is 144 g/mol. The lowest BCUT2D eigenvalue weighted by molar-refractivity contribution is -0.137. The van der Waals surface area contributed by atoms with Crippen molar-refractivity contribution in [2.24, 2.45) is 11.5 Å². The molecule has 0 amide bonds. The minimum atomic E-state index is -1.02. The normalized spacial score (nSPS) is 13.0. The molecule has 0 bridgehead atoms. The van der Waals surface area contributed by atoms with Crippen LogP contribution in [0.3, 0.4) is 0 Å². The van der Waals surface area contributed by atoms with Crippen LogP contribution in [0.15, 0.2) is 0 Å². The topological polar surface area (TPSA) is 89.3 Å². The number of hydrogen-bond acceptors (Lipinski definition) is 3. The summed E-state index contributed by atoms with van der Waals surface area (Å²) in [6.45, 7) is 0.517. The van der Waals surface area contributed by atoms with Gasteiger partial charge in [-0.05, 0) is 25.8 Å². The first-order chi connectivity index (χ1) is 4.68. The van der Waals surface area contributed by atoms with Crippen LogP contribution >= 0.6 is 0 Å². The van der Waals surface area contributed by atoms with E-state index in [9.17, 15) is 4.79 Å². The maximum absolute atomic E-state index is 10.1. The molecule has 0 aliphatic rings. The van der Waals surface area contributed by atoms with Crippen molar-refractivity contribution in [3.8, 4) is 0 Å². The van der Waals surface area contributed by atoms with Gasteiger partial charge in [-0.15, -0.1) is 0 Å². The minimum absolute atomic E-state index is 0.517. The summed E-state index contributed by atoms with van der Waals surface area (Å²) in [6.07, 6.45) is 3.76. The van der Waals surface area contributed by atoms with Crippen molar-refractivity contribution >= 4 is 5.97 Å². The van der Waals surface area contributed by atoms with E-state index in [1.54, 1.807) is 6.42 Å². The van der Waals surface area contributed by atoms with Gasteiger partial charge in [0.1, 0.15) is 6.04 Å². The first-order valence-electron chi connectivity index (χ1n) is 3.03. The predicted octanol–water partition coefficient (Wildman–Crippen LogP) is -0.844. The first kappa shape index (κ1) is 9.39. The van der Waals surface area contributed by atoms with Crippen LogP contribution in [0, 0.1) is 12.8 Å². The van der Waals surface area contributed by atoms with Crippen molar-refractivity contribution in [2.75, 3.05) is 6.54 Å². The van der Waals surface area contributed by atoms with Gasteiger partial charge in [-0.25, -0.2) is 0 Å². The van der Waals surface area contributed by atoms with Crippen molar-refractivity contribution in [1.82, 2.24) is 0 Å². The van der Waals surface area contributed by atoms with E-state index >= 15 is 0 Å². The van der Waals surface area contributed by atoms with Crippen LogP contribution in [0.5, 0.6) is 0 Å². The molecule has 5 N–H and O–H groups in total. The van der Waals surface area contributed by atoms with Crippen molar-refractivity contribution in [3.05, 3.63) is 12.8 Å². The van der Waals surface area contributed by atoms with Gasteiger partial charge in [0.15, 0.2) is 0 Å². The number of carboxylic acids is 1. The highest BCUT2D eigenvalue weighted by Gasteiger charge is 2.09. The van der Waals surface area contributed by atoms with Gasteiger partial charge in [0.2, 0.25) is 0 Å². The summed E-state index contributed by atoms with van der Waals surface area (Å²) in [5, 5.41) is 8.27. The quantitative estimate of drug-likeness (QED) is 0.439. The molecular weight excluding hydrogens is 132 g/mol. The van der Waals surface area contributed by atoms with Crippen molar-refractivity contribution in [2.45, 2.75) is 12.5 Å². The van der Waals surface area contributed by atoms with E-state index < -0.39 is 12.0 Å². The van der Waals surface area contributed by atoms with Crippen LogP contribution in [0.25, 0.3) is 0 Å². The second kappa shape index (κ2) is 5.20. The molecule has 0 aromatic rings. The van der Waals surface area contributed by atoms with Gasteiger partial charge in [0, 0.05) is 0 Å². The molecular formula is C6H12N2O2. The molecule has 58 valence electrons. The Morgan fingerprint density at radius 1 is 1.70 bits per heavy atom. The maximum Gasteiger partial charge on any atom is 0.320 e. The van der Waals surface area contributed by atoms with Crippen LogP contribution in [-0.2, 0) is 4.79 Å². The summed E-state index contributed by atoms with van der Waals surface area (Å²) in [6, 6.07) is -0.897. The third-order valence-electron chi connectivity index (χ3n) is 0.962. The van der Waals surface area contributed by atoms with Gasteiger partial charge in [-0.2, -0.15) is 0 Å². The van der Waals surface area contributed by atoms with Gasteiger partial charge in [0.25, 0.3) is 0 Å². The van der Waals surface area contributed by atoms with Crippen LogP contribution in [0.1, 0.15) is 6.42 Å². The molecule has 2 radical (unpaired) electrons. The van der Waals surface area contributed by atoms with Gasteiger partial charge in [-0.1, -0.05) is 0 Å². The highest BCUT2D eigenvalue weighted by molar-refractivity contribution is 5.75. The van der Waals surface area contributed by atoms with Crippen molar-refractivity contribution in [3.63, 3.8) is 0 Å². The highest BCUT2D eigenvalue weighted by Crippen LogP contribution is 1.93. The van der Waals surface area contributed by atoms with Gasteiger partial charge in [0.05, 0.1) is 0 Å². The number of carbonyl (C=O) groups is 1. The average molecular weight is 144 g/mol. The number of nitrogens with two attached hydrogens (primary N) is 2. The number of aliphatic carboxylic acids is 1. The van der Waals surface area contributed by atoms with Crippen LogP contribution in [0.2, 0.25) is 0 Å². The largest absolute Gasteiger partial charge is 0.480 e. The summed E-state index contributed by atoms with van der Waals surface area (Å²) in [5.74, 6) is -1.02. The summed E-state index contributed by atoms with van der Waals surface area (Å²) in [5.41, 5.74) is 10.3. The standard InChI is InChI=1S/C6H12N2O2/c7-4-2-1-3-5(8)6(9)10/h1,3,5H,2,4,7-8H2,(H,9,10). The zero-order chi connectivity index (χ0) is 7.98. The van der Waals surface area contributed by atoms with E-state index in [1.807, 2.05) is 0 Å². The Morgan fingerprint density at radius 2 is 2.30 bits per heavy atom. The lowest BCUT2D eigenvalue weighted by Gasteiger charge is -2.02. The Bertz CT molecular complexity index is 106. The first-order valence-corrected chi connectivity index (χ1v) is 3.03. The lowest BCUT2D eigenvalue weighted by atomic mass is 10.1. The second-order valence-corrected chi connectivity index (χ2v) is 1.87. The van der Waals surface area contributed by atoms with Gasteiger partial charge in [-0.3, -0.25) is 4.79 Å². The van der Waals surface area contributed by atoms with Gasteiger partial charge < -0.3 is 16.6 Å². The summed E-state index contributed by atoms with van der Waals surface area (Å²) < 4.78 is 0. The summed E-state index contributed by atoms with van der Waals surface area (Å²) in [4.78, 5) is 10.1. The molecule has 0 heterocycles. The zero-order valence-electron chi connectivity index (χ0n) is 5.66. The Balaban J connectivity index is 3.21. The number of unbranched alkanes of at least 4 members (excludes halogenated alkanes) is 1. The van der Waals surface area contributed by atoms with E-state index in [0.717, 1.165) is 0 Å². The fraction of sp³-hybridized carbons (Fsp3) is 0.500. The van der Waals surface area contributed by atoms with Gasteiger partial charge >= 0.3 is 5.97 Å². The fourth-order valence-electron chi connectivity index (χ4n) is 0.421. The average Bonchev–Trinajstić information content (AvgIpc) is 1.88. The van der Waals surface area contributed by atoms with E-state index in [0.29, 0.717) is 13.0 Å². The third-order valence-corrected chi connectivity index (χ3v) is 0.962. The molecule has 1 atom stereocenters. The highest BCUT2D eigenvalue weighted by atomic mass is 16.4. The number of rotatable bonds is 5. The minimum Gasteiger partial charge on any atom is -0.480 e. The molecule has 4 nitrogen and oxygen atoms in total. The SMILES string of the molecule is NCC[CH][CH]C(N)C(=O)O. The third kappa shape index (κ3) is 4.29. The Hall–Kier alpha value is -0.610. The molecule has 0 saturated carbocycles. The molecule has 4 heteroatoms. The molecule has 0 aliphatic heterocycles. The molecule has 10 heavy (non-hydrogen) atoms. The molecule has 0 aliphatic carbocycles. The lowest BCUT2D eigenvalue weighted by Crippen LogP contribution is -2.30. The van der Waals surface area contributed by atoms with Crippen molar-refractivity contribution in [1.29, 1.82) is 0 Å². The van der Waals surface area contributed by atoms with Crippen LogP contribution < -0.4 is 11.5 Å². The molecule has 0 aromatic heterocycles. The van der Waals surface area contributed by atoms with E-state index in [1.165, 1.54) is 6.42 Å². The molecule has 0 rings (SSSR count). The van der Waals surface area contributed by atoms with E-state index in [2.05, 4.69) is 0 Å². The predicted molar refractivity (Wildman–Crippen MR) is 37.9 cm³/mol. The Morgan fingerprint density at radius 3 is 2.70 bits per heavy atom. The van der Waals surface area contributed by atoms with E-state index in [-0.39, 0.29) is 0 Å². The zero-order valence-corrected chi connectivity index (χ0v) is 5.66. The smallest absolute Gasteiger partial charge is 0.320 e. The number of carboxylic acid groups (broad SMARTS) is 1. The maximum atomic E-state index is 10.1. The van der Waals surface area contributed by atoms with E-state index in [4.69, 9.17) is 16.6 Å². The summed E-state index contributed by atoms with van der Waals surface area (Å²) >= 11 is 0. The Kier molecular flexibility index (Phi) is 4.88. The fourth-order valence-corrected chi connectivity index (χ4v) is 0.421. The molecule has 0 fully saturated rings. The molecule has 0 saturated heterocycles. The second-order valence-electron chi connectivity index (χ2n) is 1.87. The Labute approximate surface area is 60.2 Å². The number of hydrogen-bond donors (Lipinski definition) is 3. The van der Waals surface area contributed by atoms with Crippen LogP contribution in [0.4, 0.5) is 0 Å². The summed E-state index contributed by atoms with van der Waals surface area (Å²) in [7, 11) is 0. The van der Waals surface area contributed by atoms with Crippen molar-refractivity contribution < 1.29 is 9.90 Å². The molecule has 0 spiro atoms. The molecule has 0 aromatic carbocycles. The molecule has 1 unspecified atom stereocenters. The van der Waals surface area contributed by atoms with Crippen LogP contribution in [-0.4, -0.2) is 23.7 Å².